The molecule has 1 aliphatic rings. The number of aryl methyl sites for hydroxylation is 1. The highest BCUT2D eigenvalue weighted by Gasteiger charge is 2.29. The number of halogens is 1. The van der Waals surface area contributed by atoms with Crippen LogP contribution in [0, 0.1) is 12.7 Å². The minimum Gasteiger partial charge on any atom is -0.451 e. The molecule has 1 saturated heterocycles. The normalized spacial score (nSPS) is 16.8. The largest absolute Gasteiger partial charge is 0.451 e. The summed E-state index contributed by atoms with van der Waals surface area (Å²) in [6, 6.07) is 8.37. The molecule has 1 unspecified atom stereocenters. The minimum atomic E-state index is -0.413. The third-order valence-electron chi connectivity index (χ3n) is 4.96. The molecule has 28 heavy (non-hydrogen) atoms. The van der Waals surface area contributed by atoms with Gasteiger partial charge in [-0.15, -0.1) is 0 Å². The van der Waals surface area contributed by atoms with E-state index in [2.05, 4.69) is 15.2 Å². The van der Waals surface area contributed by atoms with Crippen molar-refractivity contribution in [3.8, 4) is 11.5 Å². The Morgan fingerprint density at radius 3 is 2.96 bits per heavy atom. The molecular weight excluding hydrogens is 359 g/mol. The second kappa shape index (κ2) is 7.80. The van der Waals surface area contributed by atoms with Crippen molar-refractivity contribution in [2.75, 3.05) is 13.1 Å². The number of carbonyl (C=O) groups is 1. The van der Waals surface area contributed by atoms with Crippen molar-refractivity contribution < 1.29 is 13.9 Å². The maximum Gasteiger partial charge on any atom is 0.255 e. The molecule has 0 bridgehead atoms. The Labute approximate surface area is 162 Å². The Morgan fingerprint density at radius 1 is 1.29 bits per heavy atom. The zero-order chi connectivity index (χ0) is 19.5. The maximum atomic E-state index is 14.2. The van der Waals surface area contributed by atoms with Gasteiger partial charge in [0.25, 0.3) is 5.91 Å². The number of nitrogens with zero attached hydrogens (tertiary/aromatic N) is 3. The number of H-pyrrole nitrogens is 1. The number of pyridine rings is 1. The Bertz CT molecular complexity index is 974. The summed E-state index contributed by atoms with van der Waals surface area (Å²) in [5.74, 6) is 0.240. The Morgan fingerprint density at radius 2 is 2.18 bits per heavy atom. The number of carbonyl (C=O) groups excluding carboxylic acids is 1. The SMILES string of the molecule is Cc1ccc(Oc2cn[nH]c2C2CCCN(C(=O)c3cccnc3)C2)c(F)c1. The maximum absolute atomic E-state index is 14.2. The van der Waals surface area contributed by atoms with Crippen LogP contribution in [0.3, 0.4) is 0 Å². The van der Waals surface area contributed by atoms with Gasteiger partial charge in [-0.1, -0.05) is 6.07 Å². The van der Waals surface area contributed by atoms with Crippen LogP contribution in [0.25, 0.3) is 0 Å². The van der Waals surface area contributed by atoms with Crippen LogP contribution in [0.15, 0.2) is 48.9 Å². The lowest BCUT2D eigenvalue weighted by Gasteiger charge is -2.32. The number of aromatic amines is 1. The van der Waals surface area contributed by atoms with Gasteiger partial charge in [0.2, 0.25) is 0 Å². The van der Waals surface area contributed by atoms with Crippen LogP contribution in [0.1, 0.15) is 40.4 Å². The number of benzene rings is 1. The van der Waals surface area contributed by atoms with Crippen molar-refractivity contribution >= 4 is 5.91 Å². The highest BCUT2D eigenvalue weighted by atomic mass is 19.1. The molecule has 0 spiro atoms. The number of nitrogens with one attached hydrogen (secondary N) is 1. The van der Waals surface area contributed by atoms with E-state index in [-0.39, 0.29) is 17.6 Å². The van der Waals surface area contributed by atoms with Crippen LogP contribution in [-0.2, 0) is 0 Å². The molecule has 1 aromatic carbocycles. The molecule has 6 nitrogen and oxygen atoms in total. The summed E-state index contributed by atoms with van der Waals surface area (Å²) < 4.78 is 19.9. The molecule has 1 aliphatic heterocycles. The van der Waals surface area contributed by atoms with Crippen molar-refractivity contribution in [3.05, 3.63) is 71.6 Å². The van der Waals surface area contributed by atoms with E-state index in [0.717, 1.165) is 24.1 Å². The lowest BCUT2D eigenvalue weighted by molar-refractivity contribution is 0.0704. The molecule has 3 heterocycles. The van der Waals surface area contributed by atoms with Crippen LogP contribution in [-0.4, -0.2) is 39.1 Å². The van der Waals surface area contributed by atoms with Gasteiger partial charge in [-0.05, 0) is 49.6 Å². The summed E-state index contributed by atoms with van der Waals surface area (Å²) in [5.41, 5.74) is 2.18. The average Bonchev–Trinajstić information content (AvgIpc) is 3.18. The smallest absolute Gasteiger partial charge is 0.255 e. The first-order valence-electron chi connectivity index (χ1n) is 9.28. The van der Waals surface area contributed by atoms with Gasteiger partial charge in [0.15, 0.2) is 17.3 Å². The third-order valence-corrected chi connectivity index (χ3v) is 4.96. The van der Waals surface area contributed by atoms with E-state index >= 15 is 0 Å². The minimum absolute atomic E-state index is 0.0376. The van der Waals surface area contributed by atoms with Gasteiger partial charge < -0.3 is 9.64 Å². The second-order valence-corrected chi connectivity index (χ2v) is 7.02. The van der Waals surface area contributed by atoms with Gasteiger partial charge in [-0.3, -0.25) is 14.9 Å². The van der Waals surface area contributed by atoms with E-state index in [9.17, 15) is 9.18 Å². The first-order chi connectivity index (χ1) is 13.6. The number of ether oxygens (including phenoxy) is 1. The molecule has 3 aromatic rings. The number of amides is 1. The Balaban J connectivity index is 1.52. The summed E-state index contributed by atoms with van der Waals surface area (Å²) in [6.45, 7) is 3.07. The predicted molar refractivity (Wildman–Crippen MR) is 102 cm³/mol. The van der Waals surface area contributed by atoms with Crippen molar-refractivity contribution in [2.24, 2.45) is 0 Å². The average molecular weight is 380 g/mol. The number of piperidine rings is 1. The molecule has 1 fully saturated rings. The number of hydrogen-bond donors (Lipinski definition) is 1. The van der Waals surface area contributed by atoms with Gasteiger partial charge in [0.1, 0.15) is 0 Å². The predicted octanol–water partition coefficient (Wildman–Crippen LogP) is 4.06. The topological polar surface area (TPSA) is 71.1 Å². The van der Waals surface area contributed by atoms with E-state index in [1.807, 2.05) is 11.8 Å². The molecule has 1 N–H and O–H groups in total. The standard InChI is InChI=1S/C21H21FN4O2/c1-14-6-7-18(17(22)10-14)28-19-12-24-25-20(19)16-5-3-9-26(13-16)21(27)15-4-2-8-23-11-15/h2,4,6-8,10-12,16H,3,5,9,13H2,1H3,(H,24,25). The van der Waals surface area contributed by atoms with Crippen molar-refractivity contribution in [1.29, 1.82) is 0 Å². The quantitative estimate of drug-likeness (QED) is 0.741. The molecule has 144 valence electrons. The van der Waals surface area contributed by atoms with Gasteiger partial charge in [-0.25, -0.2) is 4.39 Å². The third kappa shape index (κ3) is 3.74. The van der Waals surface area contributed by atoms with Gasteiger partial charge >= 0.3 is 0 Å². The Hall–Kier alpha value is -3.22. The first-order valence-corrected chi connectivity index (χ1v) is 9.28. The summed E-state index contributed by atoms with van der Waals surface area (Å²) >= 11 is 0. The molecule has 1 amide bonds. The van der Waals surface area contributed by atoms with Gasteiger partial charge in [0, 0.05) is 31.4 Å². The van der Waals surface area contributed by atoms with E-state index < -0.39 is 5.82 Å². The fourth-order valence-corrected chi connectivity index (χ4v) is 3.54. The molecule has 0 aliphatic carbocycles. The highest BCUT2D eigenvalue weighted by Crippen LogP contribution is 2.35. The fraction of sp³-hybridized carbons (Fsp3) is 0.286. The van der Waals surface area contributed by atoms with Crippen molar-refractivity contribution in [2.45, 2.75) is 25.7 Å². The van der Waals surface area contributed by atoms with E-state index in [1.165, 1.54) is 6.07 Å². The van der Waals surface area contributed by atoms with E-state index in [4.69, 9.17) is 4.74 Å². The Kier molecular flexibility index (Phi) is 5.06. The number of aromatic nitrogens is 3. The second-order valence-electron chi connectivity index (χ2n) is 7.02. The molecule has 4 rings (SSSR count). The van der Waals surface area contributed by atoms with Crippen LogP contribution >= 0.6 is 0 Å². The van der Waals surface area contributed by atoms with E-state index in [1.54, 1.807) is 42.9 Å². The lowest BCUT2D eigenvalue weighted by Crippen LogP contribution is -2.39. The number of likely N-dealkylation sites (tertiary alicyclic amines) is 1. The molecule has 0 saturated carbocycles. The molecule has 1 atom stereocenters. The molecular formula is C21H21FN4O2. The van der Waals surface area contributed by atoms with Crippen molar-refractivity contribution in [3.63, 3.8) is 0 Å². The monoisotopic (exact) mass is 380 g/mol. The van der Waals surface area contributed by atoms with Gasteiger partial charge in [-0.2, -0.15) is 5.10 Å². The molecule has 7 heteroatoms. The van der Waals surface area contributed by atoms with E-state index in [0.29, 0.717) is 24.4 Å². The summed E-state index contributed by atoms with van der Waals surface area (Å²) in [6.07, 6.45) is 6.54. The zero-order valence-electron chi connectivity index (χ0n) is 15.6. The van der Waals surface area contributed by atoms with Gasteiger partial charge in [0.05, 0.1) is 17.5 Å². The zero-order valence-corrected chi connectivity index (χ0v) is 15.6. The number of rotatable bonds is 4. The fourth-order valence-electron chi connectivity index (χ4n) is 3.54. The summed E-state index contributed by atoms with van der Waals surface area (Å²) in [5, 5.41) is 7.06. The van der Waals surface area contributed by atoms with Crippen LogP contribution < -0.4 is 4.74 Å². The summed E-state index contributed by atoms with van der Waals surface area (Å²) in [4.78, 5) is 18.6. The molecule has 0 radical (unpaired) electrons. The first kappa shape index (κ1) is 18.2. The lowest BCUT2D eigenvalue weighted by atomic mass is 9.94. The summed E-state index contributed by atoms with van der Waals surface area (Å²) in [7, 11) is 0. The number of hydrogen-bond acceptors (Lipinski definition) is 4. The highest BCUT2D eigenvalue weighted by molar-refractivity contribution is 5.94. The van der Waals surface area contributed by atoms with Crippen molar-refractivity contribution in [1.82, 2.24) is 20.1 Å². The van der Waals surface area contributed by atoms with Crippen LogP contribution in [0.2, 0.25) is 0 Å². The van der Waals surface area contributed by atoms with Crippen LogP contribution in [0.5, 0.6) is 11.5 Å². The van der Waals surface area contributed by atoms with Crippen LogP contribution in [0.4, 0.5) is 4.39 Å². The molecule has 2 aromatic heterocycles.